The fourth-order valence-electron chi connectivity index (χ4n) is 3.85. The average molecular weight is 692 g/mol. The van der Waals surface area contributed by atoms with Gasteiger partial charge in [0.15, 0.2) is 17.7 Å². The molecule has 7 unspecified atom stereocenters. The van der Waals surface area contributed by atoms with Crippen LogP contribution in [0.25, 0.3) is 11.2 Å². The molecule has 0 spiro atoms. The summed E-state index contributed by atoms with van der Waals surface area (Å²) in [5.41, 5.74) is 4.49. The Balaban J connectivity index is 0.00000705. The molecular weight excluding hydrogens is 659 g/mol. The first-order valence-electron chi connectivity index (χ1n) is 12.9. The summed E-state index contributed by atoms with van der Waals surface area (Å²) in [6, 6.07) is 0. The van der Waals surface area contributed by atoms with E-state index in [1.807, 2.05) is 0 Å². The van der Waals surface area contributed by atoms with E-state index in [9.17, 15) is 43.8 Å². The van der Waals surface area contributed by atoms with Crippen molar-refractivity contribution in [3.05, 3.63) is 12.7 Å². The Morgan fingerprint density at radius 1 is 1.16 bits per heavy atom. The second kappa shape index (κ2) is 16.4. The minimum atomic E-state index is -5.66. The molecule has 1 fully saturated rings. The van der Waals surface area contributed by atoms with Crippen LogP contribution in [0.1, 0.15) is 26.5 Å². The van der Waals surface area contributed by atoms with Crippen LogP contribution in [0.2, 0.25) is 0 Å². The minimum Gasteiger partial charge on any atom is -0.756 e. The first kappa shape index (κ1) is 39.5. The van der Waals surface area contributed by atoms with Gasteiger partial charge in [0, 0.05) is 30.7 Å². The number of nitrogens with zero attached hydrogens (tertiary/aromatic N) is 4. The van der Waals surface area contributed by atoms with Gasteiger partial charge in [0.05, 0.1) is 19.5 Å². The van der Waals surface area contributed by atoms with Crippen LogP contribution in [0, 0.1) is 5.41 Å². The van der Waals surface area contributed by atoms with Gasteiger partial charge < -0.3 is 55.3 Å². The second-order valence-electron chi connectivity index (χ2n) is 10.2. The molecule has 0 saturated carbocycles. The summed E-state index contributed by atoms with van der Waals surface area (Å²) in [5, 5.41) is 36.0. The van der Waals surface area contributed by atoms with Gasteiger partial charge in [-0.3, -0.25) is 23.3 Å². The van der Waals surface area contributed by atoms with Crippen LogP contribution in [0.4, 0.5) is 5.82 Å². The van der Waals surface area contributed by atoms with Gasteiger partial charge in [0.25, 0.3) is 15.6 Å². The third kappa shape index (κ3) is 10.7. The molecule has 0 bridgehead atoms. The molecule has 1 aliphatic heterocycles. The summed E-state index contributed by atoms with van der Waals surface area (Å²) in [7, 11) is -11.3. The van der Waals surface area contributed by atoms with Gasteiger partial charge in [-0.05, 0) is 0 Å². The van der Waals surface area contributed by atoms with Gasteiger partial charge in [-0.2, -0.15) is 12.6 Å². The number of aliphatic hydroxyl groups is 3. The zero-order valence-electron chi connectivity index (χ0n) is 24.4. The van der Waals surface area contributed by atoms with E-state index in [1.54, 1.807) is 0 Å². The Bertz CT molecular complexity index is 1420. The van der Waals surface area contributed by atoms with Gasteiger partial charge in [0.2, 0.25) is 11.8 Å². The SMILES string of the molecule is CC(C)(COP(=O)([O-])OP(=O)([O-])OCC1OC(n2cnc3c(N)ncnc32)C(O)C1O)C(O)C(=O)NCCC(=O)NCCS.[Li+]. The predicted octanol–water partition coefficient (Wildman–Crippen LogP) is -6.04. The van der Waals surface area contributed by atoms with Crippen LogP contribution in [0.5, 0.6) is 0 Å². The van der Waals surface area contributed by atoms with Crippen molar-refractivity contribution >= 4 is 57.1 Å². The number of thiol groups is 1. The zero-order valence-corrected chi connectivity index (χ0v) is 27.1. The standard InChI is InChI=1S/C21H35N7O13P2S.Li/c1-21(2,16(32)19(33)24-4-3-12(29)23-5-6-44)8-39-43(36,37)41-42(34,35)38-7-11-14(30)15(31)20(40-11)28-10-27-13-17(22)25-9-26-18(13)28;/h9-11,14-16,20,30-32,44H,3-8H2,1-2H3,(H,23,29)(H,24,33)(H,34,35)(H,36,37)(H2,22,25,26);/q;+1/p-2. The number of aromatic nitrogens is 4. The maximum Gasteiger partial charge on any atom is 1.00 e. The Morgan fingerprint density at radius 3 is 2.49 bits per heavy atom. The maximum absolute atomic E-state index is 12.3. The zero-order chi connectivity index (χ0) is 32.9. The number of nitrogen functional groups attached to an aromatic ring is 1. The topological polar surface area (TPSA) is 306 Å². The second-order valence-corrected chi connectivity index (χ2v) is 13.6. The van der Waals surface area contributed by atoms with Crippen LogP contribution in [-0.2, 0) is 36.8 Å². The van der Waals surface area contributed by atoms with E-state index >= 15 is 0 Å². The van der Waals surface area contributed by atoms with Crippen LogP contribution < -0.4 is 45.0 Å². The number of ether oxygens (including phenoxy) is 1. The largest absolute Gasteiger partial charge is 1.00 e. The Morgan fingerprint density at radius 2 is 1.82 bits per heavy atom. The summed E-state index contributed by atoms with van der Waals surface area (Å²) in [5.74, 6) is -0.830. The summed E-state index contributed by atoms with van der Waals surface area (Å²) in [6.45, 7) is 0.858. The molecule has 0 aliphatic carbocycles. The van der Waals surface area contributed by atoms with Crippen molar-refractivity contribution in [2.75, 3.05) is 37.8 Å². The number of nitrogens with one attached hydrogen (secondary N) is 2. The molecular formula is C21H33LiN7O13P2S-. The number of phosphoric acid groups is 2. The van der Waals surface area contributed by atoms with E-state index in [-0.39, 0.29) is 54.7 Å². The molecule has 2 aromatic rings. The van der Waals surface area contributed by atoms with E-state index in [1.165, 1.54) is 24.7 Å². The van der Waals surface area contributed by atoms with E-state index in [0.29, 0.717) is 12.3 Å². The average Bonchev–Trinajstić information content (AvgIpc) is 3.50. The summed E-state index contributed by atoms with van der Waals surface area (Å²) < 4.78 is 44.4. The minimum absolute atomic E-state index is 0. The molecule has 24 heteroatoms. The smallest absolute Gasteiger partial charge is 0.756 e. The quantitative estimate of drug-likeness (QED) is 0.0489. The number of fused-ring (bicyclic) bond motifs is 1. The predicted molar refractivity (Wildman–Crippen MR) is 148 cm³/mol. The number of hydrogen-bond donors (Lipinski definition) is 7. The fourth-order valence-corrected chi connectivity index (χ4v) is 6.14. The van der Waals surface area contributed by atoms with Gasteiger partial charge >= 0.3 is 18.9 Å². The first-order valence-corrected chi connectivity index (χ1v) is 16.4. The molecule has 0 radical (unpaired) electrons. The molecule has 0 aromatic carbocycles. The first-order chi connectivity index (χ1) is 20.5. The summed E-state index contributed by atoms with van der Waals surface area (Å²) >= 11 is 3.95. The number of anilines is 1. The molecule has 3 rings (SSSR count). The fraction of sp³-hybridized carbons (Fsp3) is 0.667. The van der Waals surface area contributed by atoms with Crippen molar-refractivity contribution in [3.8, 4) is 0 Å². The number of hydrogen-bond acceptors (Lipinski definition) is 18. The molecule has 2 aromatic heterocycles. The number of phosphoric ester groups is 2. The Hall–Kier alpha value is -1.66. The molecule has 1 aliphatic rings. The third-order valence-corrected chi connectivity index (χ3v) is 9.00. The third-order valence-electron chi connectivity index (χ3n) is 6.26. The van der Waals surface area contributed by atoms with Crippen molar-refractivity contribution in [1.29, 1.82) is 0 Å². The number of rotatable bonds is 16. The van der Waals surface area contributed by atoms with E-state index in [2.05, 4.69) is 51.6 Å². The molecule has 7 atom stereocenters. The van der Waals surface area contributed by atoms with Crippen LogP contribution in [0.15, 0.2) is 12.7 Å². The van der Waals surface area contributed by atoms with Crippen molar-refractivity contribution in [3.63, 3.8) is 0 Å². The van der Waals surface area contributed by atoms with Gasteiger partial charge in [-0.25, -0.2) is 19.3 Å². The molecule has 3 heterocycles. The van der Waals surface area contributed by atoms with Gasteiger partial charge in [0.1, 0.15) is 36.3 Å². The van der Waals surface area contributed by atoms with Crippen molar-refractivity contribution < 1.29 is 80.8 Å². The van der Waals surface area contributed by atoms with Crippen LogP contribution in [0.3, 0.4) is 0 Å². The van der Waals surface area contributed by atoms with Gasteiger partial charge in [-0.1, -0.05) is 13.8 Å². The molecule has 248 valence electrons. The van der Waals surface area contributed by atoms with Crippen LogP contribution in [-0.4, -0.2) is 103 Å². The van der Waals surface area contributed by atoms with E-state index in [4.69, 9.17) is 10.5 Å². The molecule has 7 N–H and O–H groups in total. The van der Waals surface area contributed by atoms with Crippen LogP contribution >= 0.6 is 28.3 Å². The molecule has 2 amide bonds. The molecule has 45 heavy (non-hydrogen) atoms. The van der Waals surface area contributed by atoms with Gasteiger partial charge in [-0.15, -0.1) is 0 Å². The number of amides is 2. The number of carbonyl (C=O) groups excluding carboxylic acids is 2. The summed E-state index contributed by atoms with van der Waals surface area (Å²) in [6.07, 6.45) is -5.66. The Kier molecular flexibility index (Phi) is 14.4. The van der Waals surface area contributed by atoms with E-state index < -0.39 is 70.8 Å². The molecule has 1 saturated heterocycles. The number of aliphatic hydroxyl groups excluding tert-OH is 3. The Labute approximate surface area is 274 Å². The normalized spacial score (nSPS) is 23.5. The van der Waals surface area contributed by atoms with Crippen molar-refractivity contribution in [2.45, 2.75) is 50.9 Å². The monoisotopic (exact) mass is 692 g/mol. The maximum atomic E-state index is 12.3. The van der Waals surface area contributed by atoms with Crippen molar-refractivity contribution in [1.82, 2.24) is 30.2 Å². The number of imidazole rings is 1. The summed E-state index contributed by atoms with van der Waals surface area (Å²) in [4.78, 5) is 60.1. The molecule has 20 nitrogen and oxygen atoms in total. The number of carbonyl (C=O) groups is 2. The van der Waals surface area contributed by atoms with Crippen molar-refractivity contribution in [2.24, 2.45) is 5.41 Å². The van der Waals surface area contributed by atoms with E-state index in [0.717, 1.165) is 6.33 Å². The number of nitrogens with two attached hydrogens (primary N) is 1.